The maximum Gasteiger partial charge on any atom is 0.325 e. The summed E-state index contributed by atoms with van der Waals surface area (Å²) in [5.41, 5.74) is 4.81. The molecule has 0 aliphatic heterocycles. The summed E-state index contributed by atoms with van der Waals surface area (Å²) in [4.78, 5) is 11.6. The molecule has 0 heterocycles. The lowest BCUT2D eigenvalue weighted by Crippen LogP contribution is -2.45. The van der Waals surface area contributed by atoms with Crippen LogP contribution in [0.15, 0.2) is 0 Å². The summed E-state index contributed by atoms with van der Waals surface area (Å²) in [5.74, 6) is 0.241. The van der Waals surface area contributed by atoms with Crippen LogP contribution in [-0.2, 0) is 9.53 Å². The molecule has 1 aliphatic carbocycles. The standard InChI is InChI=1S/C12H23NO2.ClH/c1-9(10-7-5-4-6-8-10)15-11(14)12(2,3)13;/h9-10H,4-8,13H2,1-3H3;1H/t9-;/m1./s1. The van der Waals surface area contributed by atoms with Gasteiger partial charge in [-0.25, -0.2) is 0 Å². The fraction of sp³-hybridized carbons (Fsp3) is 0.917. The number of rotatable bonds is 3. The average molecular weight is 250 g/mol. The highest BCUT2D eigenvalue weighted by molar-refractivity contribution is 5.85. The Balaban J connectivity index is 0.00000225. The van der Waals surface area contributed by atoms with Gasteiger partial charge >= 0.3 is 5.97 Å². The Kier molecular flexibility index (Phi) is 6.34. The van der Waals surface area contributed by atoms with Gasteiger partial charge in [0.15, 0.2) is 0 Å². The van der Waals surface area contributed by atoms with Gasteiger partial charge in [0.2, 0.25) is 0 Å². The third-order valence-electron chi connectivity index (χ3n) is 3.13. The lowest BCUT2D eigenvalue weighted by molar-refractivity contribution is -0.156. The van der Waals surface area contributed by atoms with Gasteiger partial charge in [0.1, 0.15) is 11.6 Å². The molecule has 0 spiro atoms. The van der Waals surface area contributed by atoms with E-state index >= 15 is 0 Å². The summed E-state index contributed by atoms with van der Waals surface area (Å²) in [5, 5.41) is 0. The van der Waals surface area contributed by atoms with Crippen LogP contribution >= 0.6 is 12.4 Å². The number of esters is 1. The van der Waals surface area contributed by atoms with Gasteiger partial charge in [-0.2, -0.15) is 0 Å². The third-order valence-corrected chi connectivity index (χ3v) is 3.13. The molecule has 16 heavy (non-hydrogen) atoms. The summed E-state index contributed by atoms with van der Waals surface area (Å²) in [6.07, 6.45) is 6.22. The van der Waals surface area contributed by atoms with Gasteiger partial charge in [-0.05, 0) is 39.5 Å². The van der Waals surface area contributed by atoms with E-state index in [-0.39, 0.29) is 24.5 Å². The molecule has 1 aliphatic rings. The fourth-order valence-electron chi connectivity index (χ4n) is 2.02. The normalized spacial score (nSPS) is 19.8. The summed E-state index contributed by atoms with van der Waals surface area (Å²) < 4.78 is 5.39. The number of nitrogens with two attached hydrogens (primary N) is 1. The van der Waals surface area contributed by atoms with Gasteiger partial charge in [-0.3, -0.25) is 4.79 Å². The van der Waals surface area contributed by atoms with Gasteiger partial charge in [0, 0.05) is 0 Å². The molecule has 0 aromatic carbocycles. The van der Waals surface area contributed by atoms with E-state index in [4.69, 9.17) is 10.5 Å². The molecule has 0 saturated heterocycles. The molecule has 0 unspecified atom stereocenters. The average Bonchev–Trinajstić information content (AvgIpc) is 2.17. The first-order chi connectivity index (χ1) is 6.91. The summed E-state index contributed by atoms with van der Waals surface area (Å²) in [7, 11) is 0. The summed E-state index contributed by atoms with van der Waals surface area (Å²) in [6.45, 7) is 5.35. The monoisotopic (exact) mass is 249 g/mol. The first-order valence-corrected chi connectivity index (χ1v) is 5.91. The van der Waals surface area contributed by atoms with Gasteiger partial charge < -0.3 is 10.5 Å². The largest absolute Gasteiger partial charge is 0.461 e. The predicted octanol–water partition coefficient (Wildman–Crippen LogP) is 2.66. The maximum absolute atomic E-state index is 11.6. The summed E-state index contributed by atoms with van der Waals surface area (Å²) in [6, 6.07) is 0. The molecule has 1 rings (SSSR count). The molecule has 1 saturated carbocycles. The van der Waals surface area contributed by atoms with E-state index < -0.39 is 5.54 Å². The van der Waals surface area contributed by atoms with Crippen LogP contribution in [0.4, 0.5) is 0 Å². The van der Waals surface area contributed by atoms with Crippen molar-refractivity contribution in [3.8, 4) is 0 Å². The second-order valence-corrected chi connectivity index (χ2v) is 5.23. The molecular formula is C12H24ClNO2. The number of halogens is 1. The zero-order valence-electron chi connectivity index (χ0n) is 10.5. The van der Waals surface area contributed by atoms with Crippen LogP contribution < -0.4 is 5.73 Å². The molecule has 0 bridgehead atoms. The van der Waals surface area contributed by atoms with Crippen molar-refractivity contribution in [2.45, 2.75) is 64.5 Å². The fourth-order valence-corrected chi connectivity index (χ4v) is 2.02. The Morgan fingerprint density at radius 3 is 2.25 bits per heavy atom. The minimum atomic E-state index is -0.872. The SMILES string of the molecule is C[C@@H](OC(=O)C(C)(C)N)C1CCCCC1.Cl. The molecule has 96 valence electrons. The maximum atomic E-state index is 11.6. The molecule has 3 nitrogen and oxygen atoms in total. The van der Waals surface area contributed by atoms with Crippen molar-refractivity contribution in [1.82, 2.24) is 0 Å². The number of hydrogen-bond acceptors (Lipinski definition) is 3. The van der Waals surface area contributed by atoms with Crippen LogP contribution in [-0.4, -0.2) is 17.6 Å². The predicted molar refractivity (Wildman–Crippen MR) is 67.6 cm³/mol. The molecule has 1 fully saturated rings. The molecule has 1 atom stereocenters. The van der Waals surface area contributed by atoms with Gasteiger partial charge in [0.25, 0.3) is 0 Å². The number of hydrogen-bond donors (Lipinski definition) is 1. The van der Waals surface area contributed by atoms with Crippen LogP contribution in [0.2, 0.25) is 0 Å². The van der Waals surface area contributed by atoms with Crippen molar-refractivity contribution in [3.63, 3.8) is 0 Å². The molecule has 4 heteroatoms. The first kappa shape index (κ1) is 15.7. The number of ether oxygens (including phenoxy) is 1. The van der Waals surface area contributed by atoms with Crippen LogP contribution in [0.1, 0.15) is 52.9 Å². The topological polar surface area (TPSA) is 52.3 Å². The highest BCUT2D eigenvalue weighted by Gasteiger charge is 2.29. The minimum Gasteiger partial charge on any atom is -0.461 e. The van der Waals surface area contributed by atoms with E-state index in [9.17, 15) is 4.79 Å². The van der Waals surface area contributed by atoms with Crippen LogP contribution in [0, 0.1) is 5.92 Å². The van der Waals surface area contributed by atoms with Gasteiger partial charge in [0.05, 0.1) is 0 Å². The van der Waals surface area contributed by atoms with Crippen LogP contribution in [0.3, 0.4) is 0 Å². The quantitative estimate of drug-likeness (QED) is 0.783. The Labute approximate surface area is 105 Å². The van der Waals surface area contributed by atoms with E-state index in [1.807, 2.05) is 6.92 Å². The Morgan fingerprint density at radius 1 is 1.31 bits per heavy atom. The highest BCUT2D eigenvalue weighted by Crippen LogP contribution is 2.28. The van der Waals surface area contributed by atoms with Crippen molar-refractivity contribution in [2.24, 2.45) is 11.7 Å². The van der Waals surface area contributed by atoms with E-state index in [0.717, 1.165) is 0 Å². The number of carbonyl (C=O) groups is 1. The first-order valence-electron chi connectivity index (χ1n) is 5.91. The minimum absolute atomic E-state index is 0. The molecule has 0 aromatic heterocycles. The van der Waals surface area contributed by atoms with Crippen molar-refractivity contribution >= 4 is 18.4 Å². The third kappa shape index (κ3) is 4.71. The van der Waals surface area contributed by atoms with Gasteiger partial charge in [-0.1, -0.05) is 19.3 Å². The van der Waals surface area contributed by atoms with E-state index in [1.54, 1.807) is 13.8 Å². The van der Waals surface area contributed by atoms with E-state index in [1.165, 1.54) is 32.1 Å². The van der Waals surface area contributed by atoms with Crippen molar-refractivity contribution in [2.75, 3.05) is 0 Å². The zero-order valence-corrected chi connectivity index (χ0v) is 11.3. The number of carbonyl (C=O) groups excluding carboxylic acids is 1. The lowest BCUT2D eigenvalue weighted by atomic mass is 9.86. The smallest absolute Gasteiger partial charge is 0.325 e. The van der Waals surface area contributed by atoms with Gasteiger partial charge in [-0.15, -0.1) is 12.4 Å². The molecular weight excluding hydrogens is 226 g/mol. The van der Waals surface area contributed by atoms with Crippen LogP contribution in [0.5, 0.6) is 0 Å². The molecule has 0 aromatic rings. The highest BCUT2D eigenvalue weighted by atomic mass is 35.5. The Hall–Kier alpha value is -0.280. The second kappa shape index (κ2) is 6.45. The van der Waals surface area contributed by atoms with E-state index in [0.29, 0.717) is 5.92 Å². The molecule has 0 radical (unpaired) electrons. The Bertz CT molecular complexity index is 220. The molecule has 2 N–H and O–H groups in total. The summed E-state index contributed by atoms with van der Waals surface area (Å²) >= 11 is 0. The molecule has 0 amide bonds. The van der Waals surface area contributed by atoms with Crippen molar-refractivity contribution in [1.29, 1.82) is 0 Å². The lowest BCUT2D eigenvalue weighted by Gasteiger charge is -2.29. The Morgan fingerprint density at radius 2 is 1.81 bits per heavy atom. The zero-order chi connectivity index (χ0) is 11.5. The van der Waals surface area contributed by atoms with E-state index in [2.05, 4.69) is 0 Å². The van der Waals surface area contributed by atoms with Crippen LogP contribution in [0.25, 0.3) is 0 Å². The second-order valence-electron chi connectivity index (χ2n) is 5.23. The van der Waals surface area contributed by atoms with Crippen molar-refractivity contribution < 1.29 is 9.53 Å². The van der Waals surface area contributed by atoms with Crippen molar-refractivity contribution in [3.05, 3.63) is 0 Å².